The summed E-state index contributed by atoms with van der Waals surface area (Å²) in [6, 6.07) is 3.99. The van der Waals surface area contributed by atoms with E-state index in [0.29, 0.717) is 5.92 Å². The first-order valence-corrected chi connectivity index (χ1v) is 7.17. The van der Waals surface area contributed by atoms with E-state index in [4.69, 9.17) is 10.7 Å². The summed E-state index contributed by atoms with van der Waals surface area (Å²) in [6.45, 7) is 4.87. The molecule has 1 aliphatic rings. The van der Waals surface area contributed by atoms with Crippen molar-refractivity contribution in [2.75, 3.05) is 6.54 Å². The molecule has 4 nitrogen and oxygen atoms in total. The molecule has 1 atom stereocenters. The van der Waals surface area contributed by atoms with Crippen LogP contribution in [-0.4, -0.2) is 21.5 Å². The van der Waals surface area contributed by atoms with Crippen molar-refractivity contribution in [2.24, 2.45) is 11.7 Å². The molecule has 0 amide bonds. The number of aryl methyl sites for hydroxylation is 3. The molecule has 1 aliphatic carbocycles. The first-order valence-electron chi connectivity index (χ1n) is 7.17. The van der Waals surface area contributed by atoms with Crippen molar-refractivity contribution in [1.82, 2.24) is 15.0 Å². The molecule has 0 radical (unpaired) electrons. The zero-order valence-corrected chi connectivity index (χ0v) is 12.1. The second-order valence-corrected chi connectivity index (χ2v) is 5.57. The lowest BCUT2D eigenvalue weighted by Crippen LogP contribution is -2.24. The quantitative estimate of drug-likeness (QED) is 0.907. The van der Waals surface area contributed by atoms with Crippen LogP contribution >= 0.6 is 0 Å². The summed E-state index contributed by atoms with van der Waals surface area (Å²) in [5.74, 6) is 1.33. The molecule has 104 valence electrons. The fraction of sp³-hybridized carbons (Fsp3) is 0.438. The van der Waals surface area contributed by atoms with Crippen LogP contribution in [0.2, 0.25) is 0 Å². The summed E-state index contributed by atoms with van der Waals surface area (Å²) in [4.78, 5) is 13.9. The normalized spacial score (nSPS) is 17.9. The SMILES string of the molecule is Cc1cccnc1-c1nc(C)c2c(n1)CCC(CN)C2. The average Bonchev–Trinajstić information content (AvgIpc) is 2.47. The van der Waals surface area contributed by atoms with E-state index < -0.39 is 0 Å². The number of aromatic nitrogens is 3. The second kappa shape index (κ2) is 5.29. The maximum absolute atomic E-state index is 5.80. The zero-order valence-electron chi connectivity index (χ0n) is 12.1. The number of nitrogens with zero attached hydrogens (tertiary/aromatic N) is 3. The van der Waals surface area contributed by atoms with E-state index >= 15 is 0 Å². The van der Waals surface area contributed by atoms with E-state index in [1.807, 2.05) is 19.1 Å². The Kier molecular flexibility index (Phi) is 3.49. The maximum atomic E-state index is 5.80. The third-order valence-electron chi connectivity index (χ3n) is 4.14. The smallest absolute Gasteiger partial charge is 0.178 e. The van der Waals surface area contributed by atoms with Gasteiger partial charge in [0.2, 0.25) is 0 Å². The molecule has 0 aromatic carbocycles. The van der Waals surface area contributed by atoms with Gasteiger partial charge in [-0.15, -0.1) is 0 Å². The topological polar surface area (TPSA) is 64.7 Å². The molecule has 0 spiro atoms. The summed E-state index contributed by atoms with van der Waals surface area (Å²) in [5, 5.41) is 0. The minimum Gasteiger partial charge on any atom is -0.330 e. The van der Waals surface area contributed by atoms with E-state index in [2.05, 4.69) is 16.9 Å². The molecule has 0 bridgehead atoms. The predicted molar refractivity (Wildman–Crippen MR) is 79.3 cm³/mol. The lowest BCUT2D eigenvalue weighted by atomic mass is 9.86. The Bertz CT molecular complexity index is 636. The molecule has 3 rings (SSSR count). The highest BCUT2D eigenvalue weighted by molar-refractivity contribution is 5.55. The van der Waals surface area contributed by atoms with Crippen molar-refractivity contribution in [1.29, 1.82) is 0 Å². The van der Waals surface area contributed by atoms with Crippen LogP contribution in [0.5, 0.6) is 0 Å². The van der Waals surface area contributed by atoms with Gasteiger partial charge >= 0.3 is 0 Å². The third-order valence-corrected chi connectivity index (χ3v) is 4.14. The maximum Gasteiger partial charge on any atom is 0.178 e. The van der Waals surface area contributed by atoms with E-state index in [9.17, 15) is 0 Å². The van der Waals surface area contributed by atoms with Gasteiger partial charge in [-0.25, -0.2) is 9.97 Å². The largest absolute Gasteiger partial charge is 0.330 e. The highest BCUT2D eigenvalue weighted by Gasteiger charge is 2.22. The molecule has 0 fully saturated rings. The lowest BCUT2D eigenvalue weighted by molar-refractivity contribution is 0.460. The Morgan fingerprint density at radius 3 is 2.90 bits per heavy atom. The standard InChI is InChI=1S/C16H20N4/c1-10-4-3-7-18-15(10)16-19-11(2)13-8-12(9-17)5-6-14(13)20-16/h3-4,7,12H,5-6,8-9,17H2,1-2H3. The van der Waals surface area contributed by atoms with Gasteiger partial charge < -0.3 is 5.73 Å². The molecule has 0 aliphatic heterocycles. The van der Waals surface area contributed by atoms with Crippen molar-refractivity contribution >= 4 is 0 Å². The average molecular weight is 268 g/mol. The van der Waals surface area contributed by atoms with Crippen LogP contribution in [0.1, 0.15) is 28.9 Å². The molecular weight excluding hydrogens is 248 g/mol. The Morgan fingerprint density at radius 1 is 1.30 bits per heavy atom. The van der Waals surface area contributed by atoms with Crippen molar-refractivity contribution in [3.63, 3.8) is 0 Å². The summed E-state index contributed by atoms with van der Waals surface area (Å²) >= 11 is 0. The van der Waals surface area contributed by atoms with Crippen LogP contribution in [-0.2, 0) is 12.8 Å². The van der Waals surface area contributed by atoms with Gasteiger partial charge in [0.15, 0.2) is 5.82 Å². The zero-order chi connectivity index (χ0) is 14.1. The number of pyridine rings is 1. The molecule has 2 heterocycles. The summed E-state index contributed by atoms with van der Waals surface area (Å²) in [5.41, 5.74) is 11.4. The number of rotatable bonds is 2. The van der Waals surface area contributed by atoms with Crippen LogP contribution in [0.4, 0.5) is 0 Å². The Balaban J connectivity index is 2.05. The van der Waals surface area contributed by atoms with Crippen molar-refractivity contribution in [3.8, 4) is 11.5 Å². The van der Waals surface area contributed by atoms with Gasteiger partial charge in [-0.1, -0.05) is 6.07 Å². The monoisotopic (exact) mass is 268 g/mol. The van der Waals surface area contributed by atoms with E-state index in [-0.39, 0.29) is 0 Å². The molecule has 0 saturated carbocycles. The molecule has 2 aromatic heterocycles. The van der Waals surface area contributed by atoms with Crippen LogP contribution in [0.15, 0.2) is 18.3 Å². The Labute approximate surface area is 119 Å². The second-order valence-electron chi connectivity index (χ2n) is 5.57. The fourth-order valence-corrected chi connectivity index (χ4v) is 2.89. The number of hydrogen-bond donors (Lipinski definition) is 1. The summed E-state index contributed by atoms with van der Waals surface area (Å²) < 4.78 is 0. The first kappa shape index (κ1) is 13.2. The van der Waals surface area contributed by atoms with E-state index in [1.54, 1.807) is 6.20 Å². The molecule has 4 heteroatoms. The molecule has 1 unspecified atom stereocenters. The van der Waals surface area contributed by atoms with Gasteiger partial charge in [-0.3, -0.25) is 4.98 Å². The molecular formula is C16H20N4. The van der Waals surface area contributed by atoms with Gasteiger partial charge in [0, 0.05) is 17.6 Å². The lowest BCUT2D eigenvalue weighted by Gasteiger charge is -2.24. The molecule has 20 heavy (non-hydrogen) atoms. The Hall–Kier alpha value is -1.81. The van der Waals surface area contributed by atoms with Gasteiger partial charge in [0.1, 0.15) is 5.69 Å². The summed E-state index contributed by atoms with van der Waals surface area (Å²) in [6.07, 6.45) is 4.93. The highest BCUT2D eigenvalue weighted by Crippen LogP contribution is 2.28. The fourth-order valence-electron chi connectivity index (χ4n) is 2.89. The van der Waals surface area contributed by atoms with Crippen LogP contribution in [0.25, 0.3) is 11.5 Å². The molecule has 2 aromatic rings. The highest BCUT2D eigenvalue weighted by atomic mass is 14.9. The van der Waals surface area contributed by atoms with Crippen LogP contribution in [0.3, 0.4) is 0 Å². The van der Waals surface area contributed by atoms with E-state index in [0.717, 1.165) is 48.6 Å². The number of nitrogens with two attached hydrogens (primary N) is 1. The first-order chi connectivity index (χ1) is 9.69. The minimum absolute atomic E-state index is 0.576. The van der Waals surface area contributed by atoms with E-state index in [1.165, 1.54) is 11.3 Å². The predicted octanol–water partition coefficient (Wildman–Crippen LogP) is 2.22. The molecule has 2 N–H and O–H groups in total. The van der Waals surface area contributed by atoms with Gasteiger partial charge in [-0.05, 0) is 62.8 Å². The minimum atomic E-state index is 0.576. The number of fused-ring (bicyclic) bond motifs is 1. The van der Waals surface area contributed by atoms with Crippen molar-refractivity contribution in [2.45, 2.75) is 33.1 Å². The van der Waals surface area contributed by atoms with Gasteiger partial charge in [0.05, 0.1) is 0 Å². The van der Waals surface area contributed by atoms with Crippen LogP contribution < -0.4 is 5.73 Å². The summed E-state index contributed by atoms with van der Waals surface area (Å²) in [7, 11) is 0. The van der Waals surface area contributed by atoms with Crippen molar-refractivity contribution in [3.05, 3.63) is 40.8 Å². The van der Waals surface area contributed by atoms with Crippen LogP contribution in [0, 0.1) is 19.8 Å². The Morgan fingerprint density at radius 2 is 2.15 bits per heavy atom. The third kappa shape index (κ3) is 2.31. The van der Waals surface area contributed by atoms with Gasteiger partial charge in [0.25, 0.3) is 0 Å². The van der Waals surface area contributed by atoms with Crippen molar-refractivity contribution < 1.29 is 0 Å². The number of hydrogen-bond acceptors (Lipinski definition) is 4. The molecule has 0 saturated heterocycles. The van der Waals surface area contributed by atoms with Gasteiger partial charge in [-0.2, -0.15) is 0 Å².